The molecule has 2 heterocycles. The molecular formula is C19H30N4O. The molecule has 1 saturated heterocycles. The third-order valence-electron chi connectivity index (χ3n) is 4.24. The van der Waals surface area contributed by atoms with E-state index in [2.05, 4.69) is 29.0 Å². The van der Waals surface area contributed by atoms with E-state index < -0.39 is 0 Å². The van der Waals surface area contributed by atoms with Crippen molar-refractivity contribution < 1.29 is 4.79 Å². The predicted octanol–water partition coefficient (Wildman–Crippen LogP) is 2.65. The van der Waals surface area contributed by atoms with Crippen molar-refractivity contribution in [2.45, 2.75) is 46.6 Å². The van der Waals surface area contributed by atoms with Crippen LogP contribution in [0.25, 0.3) is 0 Å². The van der Waals surface area contributed by atoms with Gasteiger partial charge in [0.05, 0.1) is 5.56 Å². The van der Waals surface area contributed by atoms with E-state index in [1.54, 1.807) is 6.92 Å². The average molecular weight is 330 g/mol. The van der Waals surface area contributed by atoms with Crippen LogP contribution < -0.4 is 16.0 Å². The highest BCUT2D eigenvalue weighted by molar-refractivity contribution is 6.08. The molecule has 24 heavy (non-hydrogen) atoms. The van der Waals surface area contributed by atoms with Gasteiger partial charge in [0.2, 0.25) is 0 Å². The number of aromatic nitrogens is 1. The predicted molar refractivity (Wildman–Crippen MR) is 99.3 cm³/mol. The quantitative estimate of drug-likeness (QED) is 0.620. The number of hydrogen-bond donors (Lipinski definition) is 2. The minimum Gasteiger partial charge on any atom is -0.402 e. The van der Waals surface area contributed by atoms with Gasteiger partial charge in [-0.2, -0.15) is 0 Å². The lowest BCUT2D eigenvalue weighted by Crippen LogP contribution is -2.44. The van der Waals surface area contributed by atoms with Gasteiger partial charge in [-0.25, -0.2) is 4.98 Å². The van der Waals surface area contributed by atoms with Crippen molar-refractivity contribution in [2.75, 3.05) is 24.5 Å². The van der Waals surface area contributed by atoms with Crippen LogP contribution in [0.3, 0.4) is 0 Å². The lowest BCUT2D eigenvalue weighted by atomic mass is 10.0. The Balaban J connectivity index is 2.10. The van der Waals surface area contributed by atoms with Crippen LogP contribution in [0.15, 0.2) is 24.0 Å². The molecule has 1 fully saturated rings. The van der Waals surface area contributed by atoms with Crippen molar-refractivity contribution in [1.29, 1.82) is 0 Å². The van der Waals surface area contributed by atoms with Gasteiger partial charge >= 0.3 is 0 Å². The number of nitrogens with one attached hydrogen (secondary N) is 1. The van der Waals surface area contributed by atoms with Gasteiger partial charge in [-0.3, -0.25) is 4.79 Å². The van der Waals surface area contributed by atoms with Crippen molar-refractivity contribution in [3.8, 4) is 0 Å². The van der Waals surface area contributed by atoms with Crippen molar-refractivity contribution in [2.24, 2.45) is 11.7 Å². The number of rotatable bonds is 6. The Morgan fingerprint density at radius 2 is 2.12 bits per heavy atom. The molecule has 2 rings (SSSR count). The largest absolute Gasteiger partial charge is 0.402 e. The molecule has 0 bridgehead atoms. The summed E-state index contributed by atoms with van der Waals surface area (Å²) < 4.78 is 0. The van der Waals surface area contributed by atoms with Crippen LogP contribution in [-0.2, 0) is 0 Å². The summed E-state index contributed by atoms with van der Waals surface area (Å²) >= 11 is 0. The van der Waals surface area contributed by atoms with Gasteiger partial charge in [-0.1, -0.05) is 13.8 Å². The van der Waals surface area contributed by atoms with Gasteiger partial charge in [-0.15, -0.1) is 0 Å². The van der Waals surface area contributed by atoms with Crippen LogP contribution >= 0.6 is 0 Å². The van der Waals surface area contributed by atoms with Crippen LogP contribution in [-0.4, -0.2) is 36.4 Å². The van der Waals surface area contributed by atoms with E-state index in [0.717, 1.165) is 43.9 Å². The third kappa shape index (κ3) is 5.06. The first-order valence-electron chi connectivity index (χ1n) is 8.80. The first-order chi connectivity index (χ1) is 11.4. The summed E-state index contributed by atoms with van der Waals surface area (Å²) in [5.74, 6) is 1.38. The number of anilines is 1. The molecule has 0 radical (unpaired) electrons. The summed E-state index contributed by atoms with van der Waals surface area (Å²) in [4.78, 5) is 19.2. The van der Waals surface area contributed by atoms with Gasteiger partial charge < -0.3 is 16.0 Å². The lowest BCUT2D eigenvalue weighted by Gasteiger charge is -2.34. The van der Waals surface area contributed by atoms with Crippen LogP contribution in [0.5, 0.6) is 0 Å². The maximum atomic E-state index is 12.5. The summed E-state index contributed by atoms with van der Waals surface area (Å²) in [7, 11) is 0. The van der Waals surface area contributed by atoms with Crippen molar-refractivity contribution >= 4 is 11.6 Å². The number of hydrogen-bond acceptors (Lipinski definition) is 5. The Bertz CT molecular complexity index is 597. The molecule has 0 aliphatic carbocycles. The molecular weight excluding hydrogens is 300 g/mol. The number of ketones is 1. The van der Waals surface area contributed by atoms with E-state index in [4.69, 9.17) is 5.73 Å². The monoisotopic (exact) mass is 330 g/mol. The van der Waals surface area contributed by atoms with Gasteiger partial charge in [0.15, 0.2) is 5.78 Å². The standard InChI is InChI=1S/C19H30N4O/c1-13(2)11-21-16-5-7-23(8-6-16)19-17(9-14(3)12-22-19)18(24)10-15(4)20/h9-10,12-13,16,21H,5-8,11,20H2,1-4H3/b15-10-. The second-order valence-electron chi connectivity index (χ2n) is 7.20. The second kappa shape index (κ2) is 8.29. The van der Waals surface area contributed by atoms with E-state index in [1.165, 1.54) is 6.08 Å². The molecule has 132 valence electrons. The molecule has 0 aromatic carbocycles. The van der Waals surface area contributed by atoms with Crippen LogP contribution in [0, 0.1) is 12.8 Å². The summed E-state index contributed by atoms with van der Waals surface area (Å²) in [5, 5.41) is 3.63. The molecule has 5 nitrogen and oxygen atoms in total. The zero-order valence-electron chi connectivity index (χ0n) is 15.3. The molecule has 0 atom stereocenters. The van der Waals surface area contributed by atoms with Crippen molar-refractivity contribution in [1.82, 2.24) is 10.3 Å². The van der Waals surface area contributed by atoms with Gasteiger partial charge in [-0.05, 0) is 50.8 Å². The zero-order chi connectivity index (χ0) is 17.7. The maximum absolute atomic E-state index is 12.5. The molecule has 1 aliphatic rings. The van der Waals surface area contributed by atoms with Gasteiger partial charge in [0.25, 0.3) is 0 Å². The average Bonchev–Trinajstić information content (AvgIpc) is 2.53. The van der Waals surface area contributed by atoms with E-state index >= 15 is 0 Å². The molecule has 1 aliphatic heterocycles. The fraction of sp³-hybridized carbons (Fsp3) is 0.579. The highest BCUT2D eigenvalue weighted by atomic mass is 16.1. The van der Waals surface area contributed by atoms with E-state index in [-0.39, 0.29) is 5.78 Å². The summed E-state index contributed by atoms with van der Waals surface area (Å²) in [6, 6.07) is 2.46. The van der Waals surface area contributed by atoms with Gasteiger partial charge in [0, 0.05) is 37.1 Å². The number of pyridine rings is 1. The third-order valence-corrected chi connectivity index (χ3v) is 4.24. The molecule has 0 unspecified atom stereocenters. The molecule has 1 aromatic rings. The first kappa shape index (κ1) is 18.5. The normalized spacial score (nSPS) is 16.7. The zero-order valence-corrected chi connectivity index (χ0v) is 15.3. The Labute approximate surface area is 145 Å². The second-order valence-corrected chi connectivity index (χ2v) is 7.20. The Hall–Kier alpha value is -1.88. The summed E-state index contributed by atoms with van der Waals surface area (Å²) in [6.07, 6.45) is 5.45. The SMILES string of the molecule is C/C(N)=C/C(=O)c1cc(C)cnc1N1CCC(NCC(C)C)CC1. The number of nitrogens with two attached hydrogens (primary N) is 1. The van der Waals surface area contributed by atoms with Gasteiger partial charge in [0.1, 0.15) is 5.82 Å². The lowest BCUT2D eigenvalue weighted by molar-refractivity contribution is 0.104. The van der Waals surface area contributed by atoms with E-state index in [9.17, 15) is 4.79 Å². The van der Waals surface area contributed by atoms with Crippen LogP contribution in [0.2, 0.25) is 0 Å². The summed E-state index contributed by atoms with van der Waals surface area (Å²) in [6.45, 7) is 11.0. The molecule has 0 amide bonds. The number of carbonyl (C=O) groups excluding carboxylic acids is 1. The minimum atomic E-state index is -0.0683. The highest BCUT2D eigenvalue weighted by Gasteiger charge is 2.23. The number of aryl methyl sites for hydroxylation is 1. The van der Waals surface area contributed by atoms with Crippen molar-refractivity contribution in [3.63, 3.8) is 0 Å². The molecule has 0 saturated carbocycles. The number of carbonyl (C=O) groups is 1. The first-order valence-corrected chi connectivity index (χ1v) is 8.80. The van der Waals surface area contributed by atoms with Crippen molar-refractivity contribution in [3.05, 3.63) is 35.2 Å². The van der Waals surface area contributed by atoms with Crippen LogP contribution in [0.4, 0.5) is 5.82 Å². The maximum Gasteiger partial charge on any atom is 0.191 e. The topological polar surface area (TPSA) is 71.2 Å². The number of allylic oxidation sites excluding steroid dienone is 2. The molecule has 1 aromatic heterocycles. The molecule has 5 heteroatoms. The fourth-order valence-corrected chi connectivity index (χ4v) is 2.98. The number of piperidine rings is 1. The highest BCUT2D eigenvalue weighted by Crippen LogP contribution is 2.24. The Morgan fingerprint density at radius 3 is 2.71 bits per heavy atom. The van der Waals surface area contributed by atoms with E-state index in [1.807, 2.05) is 19.2 Å². The molecule has 3 N–H and O–H groups in total. The smallest absolute Gasteiger partial charge is 0.191 e. The Morgan fingerprint density at radius 1 is 1.46 bits per heavy atom. The molecule has 0 spiro atoms. The fourth-order valence-electron chi connectivity index (χ4n) is 2.98. The van der Waals surface area contributed by atoms with E-state index in [0.29, 0.717) is 23.2 Å². The minimum absolute atomic E-state index is 0.0683. The Kier molecular flexibility index (Phi) is 6.37. The summed E-state index contributed by atoms with van der Waals surface area (Å²) in [5.41, 5.74) is 7.82. The van der Waals surface area contributed by atoms with Crippen LogP contribution in [0.1, 0.15) is 49.5 Å². The number of nitrogens with zero attached hydrogens (tertiary/aromatic N) is 2.